The topological polar surface area (TPSA) is 81.5 Å². The summed E-state index contributed by atoms with van der Waals surface area (Å²) in [5.74, 6) is -0.474. The lowest BCUT2D eigenvalue weighted by molar-refractivity contribution is -0.191. The van der Waals surface area contributed by atoms with Crippen LogP contribution in [0.25, 0.3) is 10.9 Å². The van der Waals surface area contributed by atoms with Crippen LogP contribution in [0.2, 0.25) is 0 Å². The Bertz CT molecular complexity index is 1250. The van der Waals surface area contributed by atoms with Crippen molar-refractivity contribution in [3.63, 3.8) is 0 Å². The second-order valence-corrected chi connectivity index (χ2v) is 11.0. The number of aromatic nitrogens is 1. The Morgan fingerprint density at radius 3 is 2.59 bits per heavy atom. The molecule has 2 aliphatic heterocycles. The fourth-order valence-corrected chi connectivity index (χ4v) is 6.97. The van der Waals surface area contributed by atoms with Gasteiger partial charge in [0.1, 0.15) is 11.5 Å². The summed E-state index contributed by atoms with van der Waals surface area (Å²) in [6.07, 6.45) is 0.304. The van der Waals surface area contributed by atoms with Gasteiger partial charge in [0.2, 0.25) is 5.91 Å². The van der Waals surface area contributed by atoms with E-state index in [2.05, 4.69) is 21.3 Å². The number of fused-ring (bicyclic) bond motifs is 2. The van der Waals surface area contributed by atoms with Gasteiger partial charge < -0.3 is 15.0 Å². The summed E-state index contributed by atoms with van der Waals surface area (Å²) in [5.41, 5.74) is -2.14. The van der Waals surface area contributed by atoms with E-state index >= 15 is 0 Å². The van der Waals surface area contributed by atoms with Crippen molar-refractivity contribution in [3.05, 3.63) is 36.0 Å². The number of hydrogen-bond donors (Lipinski definition) is 1. The summed E-state index contributed by atoms with van der Waals surface area (Å²) < 4.78 is 48.9. The van der Waals surface area contributed by atoms with E-state index in [1.807, 2.05) is 0 Å². The van der Waals surface area contributed by atoms with Gasteiger partial charge in [-0.15, -0.1) is 0 Å². The van der Waals surface area contributed by atoms with Gasteiger partial charge in [-0.1, -0.05) is 0 Å². The highest BCUT2D eigenvalue weighted by Crippen LogP contribution is 2.75. The number of anilines is 1. The first-order chi connectivity index (χ1) is 17.8. The van der Waals surface area contributed by atoms with Crippen LogP contribution in [0.4, 0.5) is 18.9 Å². The third kappa shape index (κ3) is 3.86. The third-order valence-electron chi connectivity index (χ3n) is 9.10. The second-order valence-electron chi connectivity index (χ2n) is 11.0. The molecule has 37 heavy (non-hydrogen) atoms. The summed E-state index contributed by atoms with van der Waals surface area (Å²) in [4.78, 5) is 21.9. The number of nitrogens with zero attached hydrogens (tertiary/aromatic N) is 4. The number of carbonyl (C=O) groups excluding carboxylic acids is 1. The predicted molar refractivity (Wildman–Crippen MR) is 131 cm³/mol. The minimum atomic E-state index is -4.49. The number of pyridine rings is 1. The average molecular weight is 514 g/mol. The first-order valence-corrected chi connectivity index (χ1v) is 13.0. The lowest BCUT2D eigenvalue weighted by atomic mass is 9.88. The molecule has 1 aromatic carbocycles. The van der Waals surface area contributed by atoms with Crippen molar-refractivity contribution in [1.82, 2.24) is 15.2 Å². The average Bonchev–Trinajstić information content (AvgIpc) is 3.46. The highest BCUT2D eigenvalue weighted by molar-refractivity contribution is 5.97. The Morgan fingerprint density at radius 1 is 1.14 bits per heavy atom. The van der Waals surface area contributed by atoms with Crippen molar-refractivity contribution in [2.24, 2.45) is 10.8 Å². The fraction of sp³-hybridized carbons (Fsp3) is 0.593. The number of rotatable bonds is 4. The van der Waals surface area contributed by atoms with E-state index in [0.29, 0.717) is 28.2 Å². The van der Waals surface area contributed by atoms with Crippen LogP contribution in [0.5, 0.6) is 0 Å². The molecule has 4 aliphatic rings. The van der Waals surface area contributed by atoms with Gasteiger partial charge in [-0.05, 0) is 56.4 Å². The number of amides is 1. The van der Waals surface area contributed by atoms with Crippen molar-refractivity contribution in [3.8, 4) is 6.07 Å². The minimum absolute atomic E-state index is 0.00262. The Hall–Kier alpha value is -2.90. The lowest BCUT2D eigenvalue weighted by Gasteiger charge is -2.39. The number of hydrogen-bond acceptors (Lipinski definition) is 6. The molecule has 2 aliphatic carbocycles. The van der Waals surface area contributed by atoms with E-state index in [1.165, 1.54) is 0 Å². The molecule has 7 nitrogen and oxygen atoms in total. The zero-order valence-corrected chi connectivity index (χ0v) is 20.6. The van der Waals surface area contributed by atoms with Gasteiger partial charge in [0.15, 0.2) is 0 Å². The minimum Gasteiger partial charge on any atom is -0.379 e. The molecule has 10 heteroatoms. The van der Waals surface area contributed by atoms with Gasteiger partial charge in [-0.2, -0.15) is 18.4 Å². The molecule has 2 saturated carbocycles. The highest BCUT2D eigenvalue weighted by atomic mass is 19.4. The van der Waals surface area contributed by atoms with E-state index in [4.69, 9.17) is 4.74 Å². The Labute approximate surface area is 213 Å². The molecule has 1 amide bonds. The van der Waals surface area contributed by atoms with Crippen molar-refractivity contribution < 1.29 is 22.7 Å². The Balaban J connectivity index is 1.20. The van der Waals surface area contributed by atoms with E-state index in [-0.39, 0.29) is 25.6 Å². The van der Waals surface area contributed by atoms with Crippen molar-refractivity contribution >= 4 is 22.5 Å². The van der Waals surface area contributed by atoms with Crippen LogP contribution in [0.3, 0.4) is 0 Å². The lowest BCUT2D eigenvalue weighted by Crippen LogP contribution is -2.49. The zero-order chi connectivity index (χ0) is 25.8. The molecule has 1 N–H and O–H groups in total. The van der Waals surface area contributed by atoms with E-state index in [9.17, 15) is 23.2 Å². The maximum atomic E-state index is 14.5. The van der Waals surface area contributed by atoms with Gasteiger partial charge in [0.05, 0.1) is 29.7 Å². The number of morpholine rings is 1. The zero-order valence-electron chi connectivity index (χ0n) is 20.6. The van der Waals surface area contributed by atoms with Gasteiger partial charge in [-0.3, -0.25) is 14.7 Å². The smallest absolute Gasteiger partial charge is 0.379 e. The van der Waals surface area contributed by atoms with Crippen molar-refractivity contribution in [1.29, 1.82) is 5.26 Å². The standard InChI is InChI=1S/C27H30F3N5O2/c28-27(29,30)26-15-25(26,24(36)33-19-4-6-20(7-5-19)34-10-12-37-13-11-34)16-35(17-26)22-8-3-18(14-31)23-21(22)2-1-9-32-23/h1-3,8-9,19-20H,4-7,10-13,15-17H2,(H,33,36)/t19-,20-,25-,26-/m0/s1. The second kappa shape index (κ2) is 8.84. The molecule has 196 valence electrons. The van der Waals surface area contributed by atoms with Crippen LogP contribution in [-0.4, -0.2) is 73.4 Å². The number of ether oxygens (including phenoxy) is 1. The molecule has 2 atom stereocenters. The molecular weight excluding hydrogens is 483 g/mol. The van der Waals surface area contributed by atoms with E-state index in [1.54, 1.807) is 35.4 Å². The molecule has 3 heterocycles. The van der Waals surface area contributed by atoms with Gasteiger partial charge in [-0.25, -0.2) is 0 Å². The summed E-state index contributed by atoms with van der Waals surface area (Å²) >= 11 is 0. The number of piperidine rings is 1. The molecule has 0 unspecified atom stereocenters. The largest absolute Gasteiger partial charge is 0.397 e. The highest BCUT2D eigenvalue weighted by Gasteiger charge is 2.86. The fourth-order valence-electron chi connectivity index (χ4n) is 6.97. The molecule has 0 radical (unpaired) electrons. The molecule has 2 saturated heterocycles. The quantitative estimate of drug-likeness (QED) is 0.673. The third-order valence-corrected chi connectivity index (χ3v) is 9.10. The molecular formula is C27H30F3N5O2. The summed E-state index contributed by atoms with van der Waals surface area (Å²) in [6, 6.07) is 9.19. The maximum Gasteiger partial charge on any atom is 0.397 e. The van der Waals surface area contributed by atoms with Crippen molar-refractivity contribution in [2.75, 3.05) is 44.3 Å². The van der Waals surface area contributed by atoms with Gasteiger partial charge in [0.25, 0.3) is 0 Å². The van der Waals surface area contributed by atoms with Crippen LogP contribution in [0.15, 0.2) is 30.5 Å². The van der Waals surface area contributed by atoms with Crippen LogP contribution in [0, 0.1) is 22.2 Å². The number of nitriles is 1. The van der Waals surface area contributed by atoms with Gasteiger partial charge >= 0.3 is 6.18 Å². The molecule has 0 spiro atoms. The number of halogens is 3. The monoisotopic (exact) mass is 513 g/mol. The maximum absolute atomic E-state index is 14.5. The first-order valence-electron chi connectivity index (χ1n) is 13.0. The van der Waals surface area contributed by atoms with E-state index in [0.717, 1.165) is 52.0 Å². The molecule has 4 fully saturated rings. The van der Waals surface area contributed by atoms with Gasteiger partial charge in [0, 0.05) is 55.5 Å². The Kier molecular flexibility index (Phi) is 5.84. The van der Waals surface area contributed by atoms with Crippen LogP contribution in [0.1, 0.15) is 37.7 Å². The number of alkyl halides is 3. The molecule has 2 aromatic rings. The van der Waals surface area contributed by atoms with E-state index < -0.39 is 22.9 Å². The summed E-state index contributed by atoms with van der Waals surface area (Å²) in [7, 11) is 0. The summed E-state index contributed by atoms with van der Waals surface area (Å²) in [5, 5.41) is 13.1. The predicted octanol–water partition coefficient (Wildman–Crippen LogP) is 3.62. The first kappa shape index (κ1) is 24.4. The number of nitrogens with one attached hydrogen (secondary N) is 1. The van der Waals surface area contributed by atoms with Crippen molar-refractivity contribution in [2.45, 2.75) is 50.4 Å². The molecule has 6 rings (SSSR count). The van der Waals surface area contributed by atoms with Crippen LogP contribution in [-0.2, 0) is 9.53 Å². The molecule has 0 bridgehead atoms. The number of benzene rings is 1. The SMILES string of the molecule is N#Cc1ccc(N2C[C@]3(C(=O)N[C@H]4CC[C@H](N5CCOCC5)CC4)C[C@]3(C(F)(F)F)C2)c2cccnc12. The normalized spacial score (nSPS) is 32.1. The number of carbonyl (C=O) groups is 1. The van der Waals surface area contributed by atoms with Crippen LogP contribution >= 0.6 is 0 Å². The molecule has 1 aromatic heterocycles. The summed E-state index contributed by atoms with van der Waals surface area (Å²) in [6.45, 7) is 3.02. The van der Waals surface area contributed by atoms with Crippen LogP contribution < -0.4 is 10.2 Å². The Morgan fingerprint density at radius 2 is 1.89 bits per heavy atom.